The van der Waals surface area contributed by atoms with Crippen molar-refractivity contribution in [3.05, 3.63) is 18.5 Å². The maximum absolute atomic E-state index is 11.7. The van der Waals surface area contributed by atoms with E-state index in [-0.39, 0.29) is 18.6 Å². The molecule has 2 atom stereocenters. The Labute approximate surface area is 118 Å². The zero-order chi connectivity index (χ0) is 14.4. The molecule has 7 heteroatoms. The minimum atomic E-state index is -0.540. The predicted molar refractivity (Wildman–Crippen MR) is 75.5 cm³/mol. The Morgan fingerprint density at radius 1 is 1.55 bits per heavy atom. The Hall–Kier alpha value is -1.89. The molecule has 0 aliphatic carbocycles. The number of aliphatic hydroxyl groups excluding tert-OH is 1. The monoisotopic (exact) mass is 279 g/mol. The van der Waals surface area contributed by atoms with Gasteiger partial charge in [0.05, 0.1) is 6.10 Å². The molecule has 2 amide bonds. The first-order valence-electron chi connectivity index (χ1n) is 6.89. The third-order valence-electron chi connectivity index (χ3n) is 3.15. The Morgan fingerprint density at radius 2 is 2.30 bits per heavy atom. The lowest BCUT2D eigenvalue weighted by molar-refractivity contribution is 0.186. The Kier molecular flexibility index (Phi) is 5.11. The van der Waals surface area contributed by atoms with Crippen molar-refractivity contribution in [1.82, 2.24) is 20.6 Å². The maximum Gasteiger partial charge on any atom is 0.315 e. The molecule has 1 aromatic heterocycles. The van der Waals surface area contributed by atoms with Crippen molar-refractivity contribution >= 4 is 12.0 Å². The minimum Gasteiger partial charge on any atom is -0.392 e. The van der Waals surface area contributed by atoms with Gasteiger partial charge in [-0.15, -0.1) is 0 Å². The van der Waals surface area contributed by atoms with Crippen LogP contribution in [0.2, 0.25) is 0 Å². The fourth-order valence-corrected chi connectivity index (χ4v) is 2.21. The van der Waals surface area contributed by atoms with Crippen molar-refractivity contribution in [3.8, 4) is 0 Å². The summed E-state index contributed by atoms with van der Waals surface area (Å²) in [6, 6.07) is 1.61. The average Bonchev–Trinajstić information content (AvgIpc) is 2.46. The molecule has 0 spiro atoms. The van der Waals surface area contributed by atoms with E-state index < -0.39 is 6.10 Å². The van der Waals surface area contributed by atoms with E-state index in [9.17, 15) is 4.79 Å². The third kappa shape index (κ3) is 4.34. The Balaban J connectivity index is 1.83. The summed E-state index contributed by atoms with van der Waals surface area (Å²) >= 11 is 0. The second kappa shape index (κ2) is 7.04. The minimum absolute atomic E-state index is 0.0709. The van der Waals surface area contributed by atoms with Crippen LogP contribution in [0.3, 0.4) is 0 Å². The lowest BCUT2D eigenvalue weighted by Crippen LogP contribution is -2.51. The van der Waals surface area contributed by atoms with Crippen molar-refractivity contribution in [3.63, 3.8) is 0 Å². The van der Waals surface area contributed by atoms with Gasteiger partial charge in [-0.05, 0) is 25.8 Å². The number of hydrogen-bond acceptors (Lipinski definition) is 5. The van der Waals surface area contributed by atoms with Gasteiger partial charge < -0.3 is 20.6 Å². The molecular weight excluding hydrogens is 258 g/mol. The third-order valence-corrected chi connectivity index (χ3v) is 3.15. The molecule has 3 N–H and O–H groups in total. The molecule has 20 heavy (non-hydrogen) atoms. The smallest absolute Gasteiger partial charge is 0.315 e. The van der Waals surface area contributed by atoms with E-state index in [1.807, 2.05) is 0 Å². The molecule has 1 saturated heterocycles. The topological polar surface area (TPSA) is 90.4 Å². The van der Waals surface area contributed by atoms with Gasteiger partial charge in [-0.3, -0.25) is 0 Å². The summed E-state index contributed by atoms with van der Waals surface area (Å²) in [5.74, 6) is 0.698. The van der Waals surface area contributed by atoms with Gasteiger partial charge >= 0.3 is 6.03 Å². The number of piperidine rings is 1. The van der Waals surface area contributed by atoms with Crippen LogP contribution in [0.1, 0.15) is 19.8 Å². The van der Waals surface area contributed by atoms with E-state index in [2.05, 4.69) is 25.5 Å². The van der Waals surface area contributed by atoms with Gasteiger partial charge in [0.25, 0.3) is 0 Å². The summed E-state index contributed by atoms with van der Waals surface area (Å²) in [5.41, 5.74) is 0. The van der Waals surface area contributed by atoms with Crippen LogP contribution < -0.4 is 15.5 Å². The lowest BCUT2D eigenvalue weighted by atomic mass is 10.1. The molecule has 1 aromatic rings. The highest BCUT2D eigenvalue weighted by Gasteiger charge is 2.22. The Morgan fingerprint density at radius 3 is 3.00 bits per heavy atom. The number of amides is 2. The summed E-state index contributed by atoms with van der Waals surface area (Å²) in [5, 5.41) is 14.7. The van der Waals surface area contributed by atoms with Crippen LogP contribution in [-0.2, 0) is 0 Å². The zero-order valence-electron chi connectivity index (χ0n) is 11.6. The van der Waals surface area contributed by atoms with E-state index in [1.165, 1.54) is 0 Å². The highest BCUT2D eigenvalue weighted by Crippen LogP contribution is 2.14. The number of urea groups is 1. The summed E-state index contributed by atoms with van der Waals surface area (Å²) in [4.78, 5) is 22.2. The van der Waals surface area contributed by atoms with Crippen LogP contribution in [0.4, 0.5) is 10.7 Å². The van der Waals surface area contributed by atoms with Crippen LogP contribution in [0, 0.1) is 0 Å². The van der Waals surface area contributed by atoms with Gasteiger partial charge in [-0.1, -0.05) is 0 Å². The number of hydrogen-bond donors (Lipinski definition) is 3. The summed E-state index contributed by atoms with van der Waals surface area (Å²) in [7, 11) is 0. The quantitative estimate of drug-likeness (QED) is 0.728. The van der Waals surface area contributed by atoms with Crippen molar-refractivity contribution < 1.29 is 9.90 Å². The first kappa shape index (κ1) is 14.5. The van der Waals surface area contributed by atoms with Gasteiger partial charge in [-0.25, -0.2) is 14.8 Å². The van der Waals surface area contributed by atoms with Crippen LogP contribution in [0.15, 0.2) is 18.5 Å². The summed E-state index contributed by atoms with van der Waals surface area (Å²) < 4.78 is 0. The second-order valence-corrected chi connectivity index (χ2v) is 5.04. The van der Waals surface area contributed by atoms with Crippen molar-refractivity contribution in [1.29, 1.82) is 0 Å². The zero-order valence-corrected chi connectivity index (χ0v) is 11.6. The molecule has 0 radical (unpaired) electrons. The molecule has 110 valence electrons. The second-order valence-electron chi connectivity index (χ2n) is 5.04. The molecular formula is C13H21N5O2. The number of aromatic nitrogens is 2. The van der Waals surface area contributed by atoms with Gasteiger partial charge in [0.15, 0.2) is 0 Å². The van der Waals surface area contributed by atoms with Crippen molar-refractivity contribution in [2.45, 2.75) is 31.9 Å². The van der Waals surface area contributed by atoms with Gasteiger partial charge in [-0.2, -0.15) is 0 Å². The number of aliphatic hydroxyl groups is 1. The highest BCUT2D eigenvalue weighted by atomic mass is 16.3. The van der Waals surface area contributed by atoms with E-state index in [0.717, 1.165) is 19.4 Å². The van der Waals surface area contributed by atoms with Crippen LogP contribution in [-0.4, -0.2) is 52.9 Å². The van der Waals surface area contributed by atoms with E-state index in [4.69, 9.17) is 5.11 Å². The maximum atomic E-state index is 11.7. The molecule has 1 aliphatic heterocycles. The summed E-state index contributed by atoms with van der Waals surface area (Å²) in [6.45, 7) is 3.49. The van der Waals surface area contributed by atoms with Crippen molar-refractivity contribution in [2.24, 2.45) is 0 Å². The first-order valence-corrected chi connectivity index (χ1v) is 6.89. The van der Waals surface area contributed by atoms with Crippen LogP contribution in [0.25, 0.3) is 0 Å². The largest absolute Gasteiger partial charge is 0.392 e. The van der Waals surface area contributed by atoms with Crippen LogP contribution >= 0.6 is 0 Å². The van der Waals surface area contributed by atoms with E-state index in [0.29, 0.717) is 12.5 Å². The van der Waals surface area contributed by atoms with Gasteiger partial charge in [0.1, 0.15) is 0 Å². The number of carbonyl (C=O) groups is 1. The molecule has 2 rings (SSSR count). The average molecular weight is 279 g/mol. The van der Waals surface area contributed by atoms with E-state index >= 15 is 0 Å². The number of rotatable bonds is 4. The fourth-order valence-electron chi connectivity index (χ4n) is 2.21. The molecule has 7 nitrogen and oxygen atoms in total. The molecule has 1 fully saturated rings. The molecule has 2 unspecified atom stereocenters. The molecule has 0 saturated carbocycles. The molecule has 0 bridgehead atoms. The van der Waals surface area contributed by atoms with E-state index in [1.54, 1.807) is 25.4 Å². The number of carbonyl (C=O) groups excluding carboxylic acids is 1. The molecule has 1 aliphatic rings. The summed E-state index contributed by atoms with van der Waals surface area (Å²) in [6.07, 6.45) is 4.82. The standard InChI is InChI=1S/C13H21N5O2/c1-10(19)8-16-13(20)17-11-4-2-7-18(9-11)12-14-5-3-6-15-12/h3,5-6,10-11,19H,2,4,7-9H2,1H3,(H2,16,17,20). The lowest BCUT2D eigenvalue weighted by Gasteiger charge is -2.33. The normalized spacial score (nSPS) is 20.3. The molecule has 2 heterocycles. The number of nitrogens with one attached hydrogen (secondary N) is 2. The van der Waals surface area contributed by atoms with Crippen molar-refractivity contribution in [2.75, 3.05) is 24.5 Å². The SMILES string of the molecule is CC(O)CNC(=O)NC1CCCN(c2ncccn2)C1. The Bertz CT molecular complexity index is 426. The number of nitrogens with zero attached hydrogens (tertiary/aromatic N) is 3. The first-order chi connectivity index (χ1) is 9.65. The van der Waals surface area contributed by atoms with Gasteiger partial charge in [0, 0.05) is 38.1 Å². The predicted octanol–water partition coefficient (Wildman–Crippen LogP) is 0.125. The fraction of sp³-hybridized carbons (Fsp3) is 0.615. The van der Waals surface area contributed by atoms with Crippen LogP contribution in [0.5, 0.6) is 0 Å². The molecule has 0 aromatic carbocycles. The highest BCUT2D eigenvalue weighted by molar-refractivity contribution is 5.74. The van der Waals surface area contributed by atoms with Gasteiger partial charge in [0.2, 0.25) is 5.95 Å². The number of anilines is 1.